The summed E-state index contributed by atoms with van der Waals surface area (Å²) < 4.78 is 17.4. The Morgan fingerprint density at radius 2 is 1.55 bits per heavy atom. The normalized spacial score (nSPS) is 56.5. The van der Waals surface area contributed by atoms with E-state index in [1.54, 1.807) is 0 Å². The molecular formula is C30H48O10. The average Bonchev–Trinajstić information content (AvgIpc) is 3.16. The minimum atomic E-state index is -1.24. The van der Waals surface area contributed by atoms with Crippen LogP contribution in [0, 0.1) is 52.3 Å². The molecule has 3 heterocycles. The quantitative estimate of drug-likeness (QED) is 0.265. The Labute approximate surface area is 236 Å². The highest BCUT2D eigenvalue weighted by molar-refractivity contribution is 5.79. The fraction of sp³-hybridized carbons (Fsp3) is 0.967. The first kappa shape index (κ1) is 29.2. The molecule has 0 aromatic heterocycles. The van der Waals surface area contributed by atoms with Gasteiger partial charge in [-0.05, 0) is 86.9 Å². The van der Waals surface area contributed by atoms with Crippen LogP contribution in [0.2, 0.25) is 0 Å². The van der Waals surface area contributed by atoms with Crippen molar-refractivity contribution in [2.24, 2.45) is 52.3 Å². The number of fused-ring (bicyclic) bond motifs is 7. The smallest absolute Gasteiger partial charge is 0.314 e. The summed E-state index contributed by atoms with van der Waals surface area (Å²) in [5, 5.41) is 62.3. The number of aliphatic hydroxyl groups is 6. The maximum absolute atomic E-state index is 13.8. The van der Waals surface area contributed by atoms with Crippen LogP contribution in [-0.4, -0.2) is 99.3 Å². The summed E-state index contributed by atoms with van der Waals surface area (Å²) in [6.45, 7) is 3.91. The lowest BCUT2D eigenvalue weighted by Gasteiger charge is -2.65. The fourth-order valence-corrected chi connectivity index (χ4v) is 10.7. The van der Waals surface area contributed by atoms with Crippen molar-refractivity contribution in [3.63, 3.8) is 0 Å². The highest BCUT2D eigenvalue weighted by atomic mass is 16.7. The summed E-state index contributed by atoms with van der Waals surface area (Å²) in [6.07, 6.45) is 0.355. The number of hydrogen-bond acceptors (Lipinski definition) is 10. The van der Waals surface area contributed by atoms with Crippen LogP contribution in [0.3, 0.4) is 0 Å². The van der Waals surface area contributed by atoms with Gasteiger partial charge in [0.2, 0.25) is 6.29 Å². The summed E-state index contributed by atoms with van der Waals surface area (Å²) in [7, 11) is 0. The van der Waals surface area contributed by atoms with Crippen LogP contribution < -0.4 is 0 Å². The van der Waals surface area contributed by atoms with Gasteiger partial charge in [0.05, 0.1) is 43.4 Å². The van der Waals surface area contributed by atoms with Gasteiger partial charge in [0.1, 0.15) is 24.4 Å². The third-order valence-electron chi connectivity index (χ3n) is 12.7. The molecule has 0 amide bonds. The van der Waals surface area contributed by atoms with E-state index in [1.807, 2.05) is 6.92 Å². The van der Waals surface area contributed by atoms with E-state index >= 15 is 0 Å². The van der Waals surface area contributed by atoms with Gasteiger partial charge < -0.3 is 44.8 Å². The molecule has 10 heteroatoms. The van der Waals surface area contributed by atoms with Gasteiger partial charge in [-0.3, -0.25) is 4.79 Å². The molecule has 0 spiro atoms. The van der Waals surface area contributed by atoms with Gasteiger partial charge in [-0.2, -0.15) is 0 Å². The molecule has 0 aromatic rings. The summed E-state index contributed by atoms with van der Waals surface area (Å²) in [4.78, 5) is 13.8. The first-order chi connectivity index (χ1) is 19.1. The van der Waals surface area contributed by atoms with E-state index in [0.29, 0.717) is 18.4 Å². The van der Waals surface area contributed by atoms with Gasteiger partial charge >= 0.3 is 5.97 Å². The molecule has 6 rings (SSSR count). The molecule has 0 aromatic carbocycles. The molecule has 6 N–H and O–H groups in total. The number of ether oxygens (including phenoxy) is 3. The summed E-state index contributed by atoms with van der Waals surface area (Å²) >= 11 is 0. The van der Waals surface area contributed by atoms with Crippen molar-refractivity contribution in [2.45, 2.75) is 108 Å². The van der Waals surface area contributed by atoms with Gasteiger partial charge in [-0.1, -0.05) is 13.3 Å². The highest BCUT2D eigenvalue weighted by Gasteiger charge is 2.69. The molecule has 3 aliphatic carbocycles. The summed E-state index contributed by atoms with van der Waals surface area (Å²) in [5.74, 6) is -0.0414. The van der Waals surface area contributed by atoms with Crippen LogP contribution in [0.25, 0.3) is 0 Å². The van der Waals surface area contributed by atoms with Crippen molar-refractivity contribution in [1.29, 1.82) is 0 Å². The molecule has 228 valence electrons. The van der Waals surface area contributed by atoms with E-state index in [-0.39, 0.29) is 41.7 Å². The second-order valence-corrected chi connectivity index (χ2v) is 14.2. The van der Waals surface area contributed by atoms with Crippen molar-refractivity contribution in [3.05, 3.63) is 0 Å². The van der Waals surface area contributed by atoms with Crippen LogP contribution in [0.4, 0.5) is 0 Å². The molecule has 40 heavy (non-hydrogen) atoms. The molecule has 6 fully saturated rings. The number of carbonyl (C=O) groups excluding carboxylic acids is 1. The van der Waals surface area contributed by atoms with Gasteiger partial charge in [0.25, 0.3) is 0 Å². The number of esters is 1. The van der Waals surface area contributed by atoms with Crippen LogP contribution in [0.5, 0.6) is 0 Å². The maximum atomic E-state index is 13.8. The number of rotatable bonds is 3. The Balaban J connectivity index is 1.23. The largest absolute Gasteiger partial charge is 0.435 e. The molecule has 3 saturated heterocycles. The van der Waals surface area contributed by atoms with E-state index in [4.69, 9.17) is 14.2 Å². The molecule has 0 radical (unpaired) electrons. The van der Waals surface area contributed by atoms with Crippen molar-refractivity contribution < 1.29 is 49.6 Å². The summed E-state index contributed by atoms with van der Waals surface area (Å²) in [5.41, 5.74) is -0.900. The Morgan fingerprint density at radius 1 is 0.825 bits per heavy atom. The standard InChI is InChI=1S/C30H48O10/c1-29-9-8-18-22-26(36)25(35)20(12-32)39-27(22)40-28(37)30(18,2)21(29)7-6-15-10-14(4-3-5-17(15)29)16-13-38-19(11-31)24(34)23(16)33/h14-27,31-36H,3-13H2,1-2H3/t14?,15?,16?,17-,18?,19-,20-,21+,22-,23-,24-,25-,26-,27+,29+,30-/m1/s1. The molecule has 4 unspecified atom stereocenters. The molecule has 6 aliphatic rings. The van der Waals surface area contributed by atoms with Crippen molar-refractivity contribution in [3.8, 4) is 0 Å². The zero-order valence-electron chi connectivity index (χ0n) is 23.7. The van der Waals surface area contributed by atoms with Crippen molar-refractivity contribution in [1.82, 2.24) is 0 Å². The topological polar surface area (TPSA) is 166 Å². The number of hydrogen-bond donors (Lipinski definition) is 6. The predicted molar refractivity (Wildman–Crippen MR) is 140 cm³/mol. The molecule has 10 nitrogen and oxygen atoms in total. The molecule has 3 saturated carbocycles. The van der Waals surface area contributed by atoms with Gasteiger partial charge in [0, 0.05) is 5.92 Å². The van der Waals surface area contributed by atoms with E-state index in [0.717, 1.165) is 51.4 Å². The first-order valence-corrected chi connectivity index (χ1v) is 15.5. The summed E-state index contributed by atoms with van der Waals surface area (Å²) in [6, 6.07) is 0. The zero-order chi connectivity index (χ0) is 28.6. The third-order valence-corrected chi connectivity index (χ3v) is 12.7. The zero-order valence-corrected chi connectivity index (χ0v) is 23.7. The Morgan fingerprint density at radius 3 is 2.27 bits per heavy atom. The average molecular weight is 569 g/mol. The SMILES string of the molecule is C[C@@]12CCC3[C@H]4[C@H](OC(=O)[C@@]3(C)[C@H]1CCC1CC(C3CO[C@H](CO)[C@@H](O)[C@@H]3O)CCC[C@H]12)O[C@H](CO)[C@@H](O)[C@@H]4O. The number of carbonyl (C=O) groups is 1. The van der Waals surface area contributed by atoms with Gasteiger partial charge in [0.15, 0.2) is 0 Å². The second-order valence-electron chi connectivity index (χ2n) is 14.2. The van der Waals surface area contributed by atoms with Crippen molar-refractivity contribution in [2.75, 3.05) is 19.8 Å². The fourth-order valence-electron chi connectivity index (χ4n) is 10.7. The predicted octanol–water partition coefficient (Wildman–Crippen LogP) is 0.583. The second kappa shape index (κ2) is 10.7. The van der Waals surface area contributed by atoms with Crippen LogP contribution in [0.1, 0.15) is 65.2 Å². The van der Waals surface area contributed by atoms with Gasteiger partial charge in [-0.15, -0.1) is 0 Å². The minimum Gasteiger partial charge on any atom is -0.435 e. The van der Waals surface area contributed by atoms with E-state index in [2.05, 4.69) is 6.92 Å². The Hall–Kier alpha value is -0.850. The highest BCUT2D eigenvalue weighted by Crippen LogP contribution is 2.68. The van der Waals surface area contributed by atoms with Crippen LogP contribution >= 0.6 is 0 Å². The molecule has 0 bridgehead atoms. The van der Waals surface area contributed by atoms with E-state index in [1.165, 1.54) is 0 Å². The molecular weight excluding hydrogens is 520 g/mol. The Kier molecular flexibility index (Phi) is 7.82. The monoisotopic (exact) mass is 568 g/mol. The minimum absolute atomic E-state index is 0.0700. The third kappa shape index (κ3) is 4.23. The van der Waals surface area contributed by atoms with Crippen LogP contribution in [0.15, 0.2) is 0 Å². The van der Waals surface area contributed by atoms with Gasteiger partial charge in [-0.25, -0.2) is 0 Å². The Bertz CT molecular complexity index is 947. The van der Waals surface area contributed by atoms with Crippen LogP contribution in [-0.2, 0) is 19.0 Å². The lowest BCUT2D eigenvalue weighted by Crippen LogP contribution is -2.69. The number of aliphatic hydroxyl groups excluding tert-OH is 6. The maximum Gasteiger partial charge on any atom is 0.314 e. The lowest BCUT2D eigenvalue weighted by molar-refractivity contribution is -0.326. The lowest BCUT2D eigenvalue weighted by atomic mass is 9.41. The molecule has 3 aliphatic heterocycles. The first-order valence-electron chi connectivity index (χ1n) is 15.5. The van der Waals surface area contributed by atoms with E-state index in [9.17, 15) is 35.4 Å². The van der Waals surface area contributed by atoms with E-state index < -0.39 is 60.9 Å². The molecule has 16 atom stereocenters. The van der Waals surface area contributed by atoms with Crippen molar-refractivity contribution >= 4 is 5.97 Å².